The summed E-state index contributed by atoms with van der Waals surface area (Å²) >= 11 is 0. The molecule has 0 bridgehead atoms. The summed E-state index contributed by atoms with van der Waals surface area (Å²) in [6, 6.07) is 9.29. The Kier molecular flexibility index (Phi) is 8.50. The highest BCUT2D eigenvalue weighted by Gasteiger charge is 2.27. The van der Waals surface area contributed by atoms with Crippen LogP contribution in [0.15, 0.2) is 35.3 Å². The summed E-state index contributed by atoms with van der Waals surface area (Å²) in [5.74, 6) is 0.691. The molecule has 2 N–H and O–H groups in total. The van der Waals surface area contributed by atoms with E-state index in [0.717, 1.165) is 36.5 Å². The zero-order valence-electron chi connectivity index (χ0n) is 17.0. The normalized spacial score (nSPS) is 12.3. The predicted octanol–water partition coefficient (Wildman–Crippen LogP) is 3.33. The van der Waals surface area contributed by atoms with E-state index in [1.165, 1.54) is 0 Å². The van der Waals surface area contributed by atoms with E-state index in [4.69, 9.17) is 0 Å². The van der Waals surface area contributed by atoms with Crippen LogP contribution in [0, 0.1) is 13.8 Å². The van der Waals surface area contributed by atoms with Crippen molar-refractivity contribution < 1.29 is 17.9 Å². The van der Waals surface area contributed by atoms with Gasteiger partial charge in [0.2, 0.25) is 0 Å². The van der Waals surface area contributed by atoms with Crippen LogP contribution in [0.25, 0.3) is 0 Å². The SMILES string of the molecule is CN=C(NCCCn1nc(C)cc1C)NCc1ccc(COCC(F)(F)F)cc1. The fourth-order valence-electron chi connectivity index (χ4n) is 2.78. The van der Waals surface area contributed by atoms with Crippen LogP contribution in [0.5, 0.6) is 0 Å². The molecule has 0 amide bonds. The average molecular weight is 411 g/mol. The molecule has 0 aliphatic heterocycles. The largest absolute Gasteiger partial charge is 0.411 e. The van der Waals surface area contributed by atoms with Gasteiger partial charge in [0.05, 0.1) is 12.3 Å². The summed E-state index contributed by atoms with van der Waals surface area (Å²) in [4.78, 5) is 4.20. The Bertz CT molecular complexity index is 784. The third kappa shape index (κ3) is 8.55. The van der Waals surface area contributed by atoms with Crippen LogP contribution in [0.4, 0.5) is 13.2 Å². The number of nitrogens with zero attached hydrogens (tertiary/aromatic N) is 3. The minimum atomic E-state index is -4.30. The summed E-state index contributed by atoms with van der Waals surface area (Å²) in [7, 11) is 1.71. The summed E-state index contributed by atoms with van der Waals surface area (Å²) in [5, 5.41) is 10.9. The molecule has 1 heterocycles. The number of guanidine groups is 1. The van der Waals surface area contributed by atoms with E-state index in [1.807, 2.05) is 30.7 Å². The zero-order chi connectivity index (χ0) is 21.3. The Hall–Kier alpha value is -2.55. The summed E-state index contributed by atoms with van der Waals surface area (Å²) < 4.78 is 42.9. The lowest BCUT2D eigenvalue weighted by Crippen LogP contribution is -2.37. The number of aliphatic imine (C=N–C) groups is 1. The van der Waals surface area contributed by atoms with Crippen molar-refractivity contribution in [3.8, 4) is 0 Å². The first-order chi connectivity index (χ1) is 13.8. The van der Waals surface area contributed by atoms with Crippen molar-refractivity contribution >= 4 is 5.96 Å². The number of nitrogens with one attached hydrogen (secondary N) is 2. The Morgan fingerprint density at radius 2 is 1.83 bits per heavy atom. The molecule has 2 aromatic rings. The molecule has 0 saturated carbocycles. The standard InChI is InChI=1S/C20H28F3N5O/c1-15-11-16(2)28(27-15)10-4-9-25-19(24-3)26-12-17-5-7-18(8-6-17)13-29-14-20(21,22)23/h5-8,11H,4,9-10,12-14H2,1-3H3,(H2,24,25,26). The number of hydrogen-bond acceptors (Lipinski definition) is 3. The second kappa shape index (κ2) is 10.8. The third-order valence-corrected chi connectivity index (χ3v) is 4.18. The molecule has 1 aromatic heterocycles. The lowest BCUT2D eigenvalue weighted by atomic mass is 10.1. The first-order valence-electron chi connectivity index (χ1n) is 9.45. The molecule has 2 rings (SSSR count). The molecule has 0 spiro atoms. The fourth-order valence-corrected chi connectivity index (χ4v) is 2.78. The van der Waals surface area contributed by atoms with E-state index in [-0.39, 0.29) is 6.61 Å². The molecular weight excluding hydrogens is 383 g/mol. The summed E-state index contributed by atoms with van der Waals surface area (Å²) in [6.45, 7) is 4.87. The quantitative estimate of drug-likeness (QED) is 0.377. The van der Waals surface area contributed by atoms with Gasteiger partial charge in [-0.1, -0.05) is 24.3 Å². The molecule has 0 unspecified atom stereocenters. The minimum Gasteiger partial charge on any atom is -0.367 e. The average Bonchev–Trinajstić information content (AvgIpc) is 2.98. The van der Waals surface area contributed by atoms with Gasteiger partial charge in [-0.15, -0.1) is 0 Å². The van der Waals surface area contributed by atoms with Gasteiger partial charge in [-0.05, 0) is 37.5 Å². The molecule has 29 heavy (non-hydrogen) atoms. The lowest BCUT2D eigenvalue weighted by molar-refractivity contribution is -0.176. The van der Waals surface area contributed by atoms with E-state index in [9.17, 15) is 13.2 Å². The van der Waals surface area contributed by atoms with Crippen LogP contribution in [0.2, 0.25) is 0 Å². The smallest absolute Gasteiger partial charge is 0.367 e. The van der Waals surface area contributed by atoms with Crippen molar-refractivity contribution in [2.24, 2.45) is 4.99 Å². The second-order valence-electron chi connectivity index (χ2n) is 6.78. The van der Waals surface area contributed by atoms with Crippen LogP contribution in [0.3, 0.4) is 0 Å². The highest BCUT2D eigenvalue weighted by Crippen LogP contribution is 2.15. The monoisotopic (exact) mass is 411 g/mol. The molecule has 1 aromatic carbocycles. The van der Waals surface area contributed by atoms with Gasteiger partial charge in [0.25, 0.3) is 0 Å². The first kappa shape index (κ1) is 22.7. The molecule has 9 heteroatoms. The van der Waals surface area contributed by atoms with E-state index >= 15 is 0 Å². The number of alkyl halides is 3. The van der Waals surface area contributed by atoms with Crippen molar-refractivity contribution in [3.63, 3.8) is 0 Å². The van der Waals surface area contributed by atoms with E-state index < -0.39 is 12.8 Å². The van der Waals surface area contributed by atoms with Gasteiger partial charge in [0.15, 0.2) is 5.96 Å². The van der Waals surface area contributed by atoms with E-state index in [0.29, 0.717) is 18.1 Å². The van der Waals surface area contributed by atoms with Crippen LogP contribution >= 0.6 is 0 Å². The lowest BCUT2D eigenvalue weighted by Gasteiger charge is -2.13. The van der Waals surface area contributed by atoms with Crippen molar-refractivity contribution in [2.45, 2.75) is 46.1 Å². The van der Waals surface area contributed by atoms with E-state index in [1.54, 1.807) is 19.2 Å². The number of ether oxygens (including phenoxy) is 1. The minimum absolute atomic E-state index is 0.0638. The number of aromatic nitrogens is 2. The van der Waals surface area contributed by atoms with Gasteiger partial charge in [-0.3, -0.25) is 9.67 Å². The fraction of sp³-hybridized carbons (Fsp3) is 0.500. The Morgan fingerprint density at radius 3 is 2.41 bits per heavy atom. The zero-order valence-corrected chi connectivity index (χ0v) is 17.0. The van der Waals surface area contributed by atoms with E-state index in [2.05, 4.69) is 31.5 Å². The van der Waals surface area contributed by atoms with Gasteiger partial charge >= 0.3 is 6.18 Å². The second-order valence-corrected chi connectivity index (χ2v) is 6.78. The molecule has 0 atom stereocenters. The van der Waals surface area contributed by atoms with Crippen molar-refractivity contribution in [2.75, 3.05) is 20.2 Å². The van der Waals surface area contributed by atoms with Crippen LogP contribution in [0.1, 0.15) is 28.9 Å². The van der Waals surface area contributed by atoms with Gasteiger partial charge in [-0.25, -0.2) is 0 Å². The van der Waals surface area contributed by atoms with Crippen molar-refractivity contribution in [3.05, 3.63) is 52.8 Å². The van der Waals surface area contributed by atoms with Crippen LogP contribution in [-0.2, 0) is 24.4 Å². The first-order valence-corrected chi connectivity index (χ1v) is 9.45. The third-order valence-electron chi connectivity index (χ3n) is 4.18. The number of aryl methyl sites for hydroxylation is 3. The number of halogens is 3. The van der Waals surface area contributed by atoms with Crippen LogP contribution in [-0.4, -0.2) is 42.1 Å². The van der Waals surface area contributed by atoms with Crippen LogP contribution < -0.4 is 10.6 Å². The molecule has 0 radical (unpaired) electrons. The predicted molar refractivity (Wildman–Crippen MR) is 107 cm³/mol. The molecule has 6 nitrogen and oxygen atoms in total. The summed E-state index contributed by atoms with van der Waals surface area (Å²) in [6.07, 6.45) is -3.39. The Balaban J connectivity index is 1.68. The molecule has 0 aliphatic rings. The molecule has 160 valence electrons. The Labute approximate surface area is 169 Å². The molecular formula is C20H28F3N5O. The molecule has 0 saturated heterocycles. The molecule has 0 fully saturated rings. The Morgan fingerprint density at radius 1 is 1.14 bits per heavy atom. The highest BCUT2D eigenvalue weighted by atomic mass is 19.4. The topological polar surface area (TPSA) is 63.5 Å². The highest BCUT2D eigenvalue weighted by molar-refractivity contribution is 5.79. The maximum atomic E-state index is 12.1. The van der Waals surface area contributed by atoms with Crippen molar-refractivity contribution in [1.82, 2.24) is 20.4 Å². The van der Waals surface area contributed by atoms with Crippen molar-refractivity contribution in [1.29, 1.82) is 0 Å². The van der Waals surface area contributed by atoms with Gasteiger partial charge < -0.3 is 15.4 Å². The maximum Gasteiger partial charge on any atom is 0.411 e. The van der Waals surface area contributed by atoms with Gasteiger partial charge in [0.1, 0.15) is 6.61 Å². The number of hydrogen-bond donors (Lipinski definition) is 2. The number of rotatable bonds is 9. The van der Waals surface area contributed by atoms with Gasteiger partial charge in [-0.2, -0.15) is 18.3 Å². The van der Waals surface area contributed by atoms with Gasteiger partial charge in [0, 0.05) is 32.4 Å². The number of benzene rings is 1. The summed E-state index contributed by atoms with van der Waals surface area (Å²) in [5.41, 5.74) is 3.86. The molecule has 0 aliphatic carbocycles. The maximum absolute atomic E-state index is 12.1.